The Morgan fingerprint density at radius 3 is 2.25 bits per heavy atom. The van der Waals surface area contributed by atoms with Crippen LogP contribution >= 0.6 is 0 Å². The van der Waals surface area contributed by atoms with Crippen LogP contribution in [0, 0.1) is 11.8 Å². The lowest BCUT2D eigenvalue weighted by atomic mass is 9.97. The Kier molecular flexibility index (Phi) is 11.1. The molecule has 0 aliphatic carbocycles. The van der Waals surface area contributed by atoms with Crippen LogP contribution in [0.2, 0.25) is 0 Å². The van der Waals surface area contributed by atoms with Crippen molar-refractivity contribution >= 4 is 39.6 Å². The van der Waals surface area contributed by atoms with Crippen molar-refractivity contribution < 1.29 is 19.1 Å². The Labute approximate surface area is 321 Å². The van der Waals surface area contributed by atoms with E-state index >= 15 is 0 Å². The van der Waals surface area contributed by atoms with Crippen LogP contribution in [0.3, 0.4) is 0 Å². The number of carbonyl (C=O) groups is 3. The van der Waals surface area contributed by atoms with Gasteiger partial charge < -0.3 is 29.8 Å². The number of likely N-dealkylation sites (tertiary alicyclic amines) is 2. The van der Waals surface area contributed by atoms with Gasteiger partial charge in [-0.05, 0) is 83.7 Å². The van der Waals surface area contributed by atoms with Crippen LogP contribution in [-0.2, 0) is 14.3 Å². The molecule has 2 aromatic heterocycles. The van der Waals surface area contributed by atoms with E-state index in [4.69, 9.17) is 9.72 Å². The third kappa shape index (κ3) is 7.74. The molecule has 3 amide bonds. The van der Waals surface area contributed by atoms with E-state index in [1.807, 2.05) is 43.1 Å². The minimum absolute atomic E-state index is 0.0141. The molecule has 0 radical (unpaired) electrons. The van der Waals surface area contributed by atoms with E-state index in [0.717, 1.165) is 77.6 Å². The molecule has 7 rings (SSSR count). The summed E-state index contributed by atoms with van der Waals surface area (Å²) in [6.45, 7) is 9.50. The van der Waals surface area contributed by atoms with Crippen LogP contribution in [0.25, 0.3) is 44.1 Å². The highest BCUT2D eigenvalue weighted by atomic mass is 16.5. The number of methoxy groups -OCH3 is 1. The Hall–Kier alpha value is -5.45. The number of benzene rings is 3. The molecule has 2 aliphatic heterocycles. The van der Waals surface area contributed by atoms with Gasteiger partial charge in [0.15, 0.2) is 5.43 Å². The maximum absolute atomic E-state index is 13.8. The van der Waals surface area contributed by atoms with E-state index in [0.29, 0.717) is 41.9 Å². The number of hydrogen-bond acceptors (Lipinski definition) is 6. The van der Waals surface area contributed by atoms with Crippen LogP contribution in [-0.4, -0.2) is 68.9 Å². The van der Waals surface area contributed by atoms with Crippen LogP contribution < -0.4 is 10.7 Å². The van der Waals surface area contributed by atoms with Gasteiger partial charge in [-0.2, -0.15) is 0 Å². The summed E-state index contributed by atoms with van der Waals surface area (Å²) in [5.41, 5.74) is 5.18. The van der Waals surface area contributed by atoms with Gasteiger partial charge >= 0.3 is 6.09 Å². The lowest BCUT2D eigenvalue weighted by molar-refractivity contribution is -0.135. The van der Waals surface area contributed by atoms with Crippen LogP contribution in [0.5, 0.6) is 0 Å². The highest BCUT2D eigenvalue weighted by molar-refractivity contribution is 5.92. The van der Waals surface area contributed by atoms with Crippen molar-refractivity contribution in [3.8, 4) is 22.4 Å². The van der Waals surface area contributed by atoms with Crippen molar-refractivity contribution in [1.29, 1.82) is 0 Å². The first-order valence-electron chi connectivity index (χ1n) is 19.8. The second-order valence-electron chi connectivity index (χ2n) is 15.5. The van der Waals surface area contributed by atoms with Crippen LogP contribution in [0.1, 0.15) is 96.2 Å². The van der Waals surface area contributed by atoms with Crippen molar-refractivity contribution in [2.75, 3.05) is 20.2 Å². The topological polar surface area (TPSA) is 140 Å². The fraction of sp³-hybridized carbons (Fsp3) is 0.432. The van der Waals surface area contributed by atoms with Gasteiger partial charge in [-0.3, -0.25) is 14.4 Å². The van der Waals surface area contributed by atoms with Gasteiger partial charge in [0, 0.05) is 47.7 Å². The Morgan fingerprint density at radius 2 is 1.53 bits per heavy atom. The first-order valence-corrected chi connectivity index (χ1v) is 19.8. The molecule has 2 saturated heterocycles. The predicted molar refractivity (Wildman–Crippen MR) is 215 cm³/mol. The molecule has 3 aromatic carbocycles. The molecule has 0 spiro atoms. The summed E-state index contributed by atoms with van der Waals surface area (Å²) in [7, 11) is 1.29. The number of imidazole rings is 1. The first-order chi connectivity index (χ1) is 26.6. The monoisotopic (exact) mass is 744 g/mol. The van der Waals surface area contributed by atoms with Gasteiger partial charge in [-0.25, -0.2) is 9.78 Å². The normalized spacial score (nSPS) is 18.8. The number of ether oxygens (including phenoxy) is 1. The molecule has 1 unspecified atom stereocenters. The first kappa shape index (κ1) is 37.8. The molecule has 5 aromatic rings. The molecule has 288 valence electrons. The number of pyridine rings is 1. The standard InChI is InChI=1S/C44H52N6O5/c1-6-26(3)20-40(52)49-18-9-11-38(49)42-45-25-36(47-42)32-15-14-28-21-29(12-13-30(28)22-32)31-16-17-34-33(23-31)39(51)24-35(46-34)37-10-8-19-50(37)43(53)41(27(4)7-2)48-44(54)55-5/h12-17,21-27,37-38,41H,6-11,18-20H2,1-5H3,(H,45,47)(H,46,51)(H,48,54)/t26-,27-,37?,38-,41-/m0/s1. The molecule has 2 aliphatic rings. The summed E-state index contributed by atoms with van der Waals surface area (Å²) < 4.78 is 4.80. The molecular formula is C44H52N6O5. The Morgan fingerprint density at radius 1 is 0.855 bits per heavy atom. The van der Waals surface area contributed by atoms with E-state index in [1.54, 1.807) is 11.0 Å². The average Bonchev–Trinajstić information content (AvgIpc) is 4.00. The molecule has 0 bridgehead atoms. The zero-order chi connectivity index (χ0) is 38.8. The smallest absolute Gasteiger partial charge is 0.407 e. The predicted octanol–water partition coefficient (Wildman–Crippen LogP) is 8.27. The van der Waals surface area contributed by atoms with E-state index < -0.39 is 12.1 Å². The van der Waals surface area contributed by atoms with Gasteiger partial charge in [-0.15, -0.1) is 0 Å². The van der Waals surface area contributed by atoms with Gasteiger partial charge in [0.1, 0.15) is 11.9 Å². The third-order valence-corrected chi connectivity index (χ3v) is 11.9. The van der Waals surface area contributed by atoms with Gasteiger partial charge in [0.25, 0.3) is 0 Å². The molecule has 4 heterocycles. The molecule has 2 fully saturated rings. The number of fused-ring (bicyclic) bond motifs is 2. The van der Waals surface area contributed by atoms with Crippen molar-refractivity contribution in [2.24, 2.45) is 11.8 Å². The summed E-state index contributed by atoms with van der Waals surface area (Å²) in [6.07, 6.45) is 6.92. The van der Waals surface area contributed by atoms with Gasteiger partial charge in [-0.1, -0.05) is 70.9 Å². The SMILES string of the molecule is CC[C@H](C)CC(=O)N1CCC[C@H]1c1ncc(-c2ccc3cc(-c4ccc5[nH]c(C6CCCN6C(=O)[C@@H](NC(=O)OC)[C@@H](C)CC)cc(=O)c5c4)ccc3c2)[nH]1. The molecule has 55 heavy (non-hydrogen) atoms. The van der Waals surface area contributed by atoms with E-state index in [2.05, 4.69) is 65.5 Å². The Bertz CT molecular complexity index is 2280. The lowest BCUT2D eigenvalue weighted by Gasteiger charge is -2.31. The molecule has 5 atom stereocenters. The fourth-order valence-electron chi connectivity index (χ4n) is 8.18. The zero-order valence-electron chi connectivity index (χ0n) is 32.5. The van der Waals surface area contributed by atoms with Crippen LogP contribution in [0.15, 0.2) is 71.7 Å². The highest BCUT2D eigenvalue weighted by Crippen LogP contribution is 2.35. The number of aromatic nitrogens is 3. The molecule has 3 N–H and O–H groups in total. The maximum Gasteiger partial charge on any atom is 0.407 e. The minimum Gasteiger partial charge on any atom is -0.453 e. The molecule has 0 saturated carbocycles. The van der Waals surface area contributed by atoms with E-state index in [-0.39, 0.29) is 35.2 Å². The van der Waals surface area contributed by atoms with Crippen LogP contribution in [0.4, 0.5) is 4.79 Å². The van der Waals surface area contributed by atoms with Crippen molar-refractivity contribution in [3.63, 3.8) is 0 Å². The number of amides is 3. The Balaban J connectivity index is 1.09. The highest BCUT2D eigenvalue weighted by Gasteiger charge is 2.37. The number of nitrogens with zero attached hydrogens (tertiary/aromatic N) is 3. The number of nitrogens with one attached hydrogen (secondary N) is 3. The second kappa shape index (κ2) is 16.1. The second-order valence-corrected chi connectivity index (χ2v) is 15.5. The van der Waals surface area contributed by atoms with Crippen molar-refractivity contribution in [1.82, 2.24) is 30.1 Å². The van der Waals surface area contributed by atoms with E-state index in [9.17, 15) is 19.2 Å². The van der Waals surface area contributed by atoms with Gasteiger partial charge in [0.05, 0.1) is 31.1 Å². The lowest BCUT2D eigenvalue weighted by Crippen LogP contribution is -2.51. The largest absolute Gasteiger partial charge is 0.453 e. The summed E-state index contributed by atoms with van der Waals surface area (Å²) in [6, 6.07) is 19.1. The number of hydrogen-bond donors (Lipinski definition) is 3. The van der Waals surface area contributed by atoms with Gasteiger partial charge in [0.2, 0.25) is 11.8 Å². The average molecular weight is 745 g/mol. The number of H-pyrrole nitrogens is 2. The molecule has 11 nitrogen and oxygen atoms in total. The number of alkyl carbamates (subject to hydrolysis) is 1. The minimum atomic E-state index is -0.718. The summed E-state index contributed by atoms with van der Waals surface area (Å²) in [4.78, 5) is 68.1. The van der Waals surface area contributed by atoms with Crippen molar-refractivity contribution in [2.45, 2.75) is 90.8 Å². The third-order valence-electron chi connectivity index (χ3n) is 11.9. The van der Waals surface area contributed by atoms with E-state index in [1.165, 1.54) is 7.11 Å². The fourth-order valence-corrected chi connectivity index (χ4v) is 8.18. The zero-order valence-corrected chi connectivity index (χ0v) is 32.5. The number of carbonyl (C=O) groups excluding carboxylic acids is 3. The summed E-state index contributed by atoms with van der Waals surface area (Å²) in [5.74, 6) is 1.17. The summed E-state index contributed by atoms with van der Waals surface area (Å²) in [5, 5.41) is 5.47. The molecule has 11 heteroatoms. The maximum atomic E-state index is 13.8. The van der Waals surface area contributed by atoms with Crippen molar-refractivity contribution in [3.05, 3.63) is 88.6 Å². The summed E-state index contributed by atoms with van der Waals surface area (Å²) >= 11 is 0. The number of rotatable bonds is 11. The quantitative estimate of drug-likeness (QED) is 0.124. The molecular weight excluding hydrogens is 693 g/mol. The number of aromatic amines is 2.